The summed E-state index contributed by atoms with van der Waals surface area (Å²) in [6.45, 7) is 2.30. The number of likely N-dealkylation sites (tertiary alicyclic amines) is 1. The van der Waals surface area contributed by atoms with Gasteiger partial charge in [-0.15, -0.1) is 0 Å². The Morgan fingerprint density at radius 1 is 1.30 bits per heavy atom. The van der Waals surface area contributed by atoms with Crippen LogP contribution in [0.15, 0.2) is 24.3 Å². The van der Waals surface area contributed by atoms with Crippen LogP contribution in [0.3, 0.4) is 0 Å². The van der Waals surface area contributed by atoms with Crippen molar-refractivity contribution in [2.24, 2.45) is 5.92 Å². The van der Waals surface area contributed by atoms with Gasteiger partial charge in [-0.1, -0.05) is 12.1 Å². The number of rotatable bonds is 7. The van der Waals surface area contributed by atoms with Crippen molar-refractivity contribution >= 4 is 5.91 Å². The van der Waals surface area contributed by atoms with Gasteiger partial charge in [-0.2, -0.15) is 13.2 Å². The maximum absolute atomic E-state index is 12.0. The molecule has 1 amide bonds. The number of hydrogen-bond donors (Lipinski definition) is 1. The van der Waals surface area contributed by atoms with Crippen molar-refractivity contribution in [1.29, 1.82) is 0 Å². The quantitative estimate of drug-likeness (QED) is 0.782. The summed E-state index contributed by atoms with van der Waals surface area (Å²) in [5.41, 5.74) is 1.09. The first-order valence-electron chi connectivity index (χ1n) is 7.60. The van der Waals surface area contributed by atoms with E-state index in [-0.39, 0.29) is 24.9 Å². The Kier molecular flexibility index (Phi) is 5.87. The number of nitrogens with zero attached hydrogens (tertiary/aromatic N) is 1. The second-order valence-corrected chi connectivity index (χ2v) is 5.72. The number of carbonyl (C=O) groups excluding carboxylic acids is 1. The van der Waals surface area contributed by atoms with E-state index >= 15 is 0 Å². The van der Waals surface area contributed by atoms with Crippen LogP contribution in [0.2, 0.25) is 0 Å². The molecule has 1 aromatic carbocycles. The Morgan fingerprint density at radius 2 is 1.96 bits per heavy atom. The highest BCUT2D eigenvalue weighted by Crippen LogP contribution is 2.22. The van der Waals surface area contributed by atoms with Crippen molar-refractivity contribution < 1.29 is 22.7 Å². The van der Waals surface area contributed by atoms with Gasteiger partial charge in [0.25, 0.3) is 0 Å². The van der Waals surface area contributed by atoms with Gasteiger partial charge in [0.1, 0.15) is 5.75 Å². The lowest BCUT2D eigenvalue weighted by atomic mass is 9.98. The Balaban J connectivity index is 1.68. The fourth-order valence-electron chi connectivity index (χ4n) is 2.48. The average Bonchev–Trinajstić information content (AvgIpc) is 2.46. The molecule has 1 aliphatic heterocycles. The van der Waals surface area contributed by atoms with Crippen LogP contribution in [0.25, 0.3) is 0 Å². The maximum atomic E-state index is 12.0. The van der Waals surface area contributed by atoms with E-state index in [0.717, 1.165) is 25.2 Å². The van der Waals surface area contributed by atoms with E-state index in [1.54, 1.807) is 19.2 Å². The summed E-state index contributed by atoms with van der Waals surface area (Å²) in [5.74, 6) is 0.711. The molecule has 4 nitrogen and oxygen atoms in total. The van der Waals surface area contributed by atoms with E-state index in [0.29, 0.717) is 5.75 Å². The molecular formula is C16H21F3N2O2. The van der Waals surface area contributed by atoms with E-state index in [9.17, 15) is 18.0 Å². The van der Waals surface area contributed by atoms with Gasteiger partial charge >= 0.3 is 6.18 Å². The van der Waals surface area contributed by atoms with Gasteiger partial charge in [0.2, 0.25) is 5.91 Å². The van der Waals surface area contributed by atoms with Crippen LogP contribution in [0, 0.1) is 5.92 Å². The largest absolute Gasteiger partial charge is 0.494 e. The molecule has 1 aliphatic rings. The number of hydrogen-bond acceptors (Lipinski definition) is 3. The molecule has 1 heterocycles. The minimum absolute atomic E-state index is 0.0418. The minimum Gasteiger partial charge on any atom is -0.494 e. The van der Waals surface area contributed by atoms with Gasteiger partial charge < -0.3 is 10.1 Å². The van der Waals surface area contributed by atoms with Gasteiger partial charge in [-0.25, -0.2) is 0 Å². The van der Waals surface area contributed by atoms with E-state index in [4.69, 9.17) is 4.74 Å². The summed E-state index contributed by atoms with van der Waals surface area (Å²) in [7, 11) is 1.64. The number of alkyl halides is 3. The molecule has 0 aliphatic carbocycles. The number of benzene rings is 1. The molecule has 1 aromatic rings. The first-order chi connectivity index (χ1) is 10.9. The van der Waals surface area contributed by atoms with Crippen molar-refractivity contribution in [2.75, 3.05) is 26.7 Å². The number of carbonyl (C=O) groups is 1. The monoisotopic (exact) mass is 330 g/mol. The molecule has 2 rings (SSSR count). The normalized spacial score (nSPS) is 16.0. The lowest BCUT2D eigenvalue weighted by Crippen LogP contribution is -2.52. The zero-order valence-electron chi connectivity index (χ0n) is 13.0. The SMILES string of the molecule is CNC(=O)C1CN(Cc2ccc(OCCCC(F)(F)F)cc2)C1. The van der Waals surface area contributed by atoms with Crippen LogP contribution in [-0.4, -0.2) is 43.7 Å². The van der Waals surface area contributed by atoms with Gasteiger partial charge in [0, 0.05) is 33.1 Å². The second-order valence-electron chi connectivity index (χ2n) is 5.72. The van der Waals surface area contributed by atoms with Gasteiger partial charge in [0.15, 0.2) is 0 Å². The second kappa shape index (κ2) is 7.68. The molecule has 1 saturated heterocycles. The maximum Gasteiger partial charge on any atom is 0.389 e. The fraction of sp³-hybridized carbons (Fsp3) is 0.562. The van der Waals surface area contributed by atoms with Crippen molar-refractivity contribution in [3.05, 3.63) is 29.8 Å². The number of amides is 1. The smallest absolute Gasteiger partial charge is 0.389 e. The van der Waals surface area contributed by atoms with Gasteiger partial charge in [0.05, 0.1) is 12.5 Å². The summed E-state index contributed by atoms with van der Waals surface area (Å²) in [6.07, 6.45) is -5.00. The van der Waals surface area contributed by atoms with Gasteiger partial charge in [-0.05, 0) is 24.1 Å². The molecule has 0 unspecified atom stereocenters. The van der Waals surface area contributed by atoms with Crippen LogP contribution in [0.1, 0.15) is 18.4 Å². The van der Waals surface area contributed by atoms with Crippen LogP contribution >= 0.6 is 0 Å². The Bertz CT molecular complexity index is 511. The summed E-state index contributed by atoms with van der Waals surface area (Å²) >= 11 is 0. The molecule has 1 N–H and O–H groups in total. The molecule has 0 atom stereocenters. The Morgan fingerprint density at radius 3 is 2.52 bits per heavy atom. The highest BCUT2D eigenvalue weighted by atomic mass is 19.4. The standard InChI is InChI=1S/C16H21F3N2O2/c1-20-15(22)13-10-21(11-13)9-12-3-5-14(6-4-12)23-8-2-7-16(17,18)19/h3-6,13H,2,7-11H2,1H3,(H,20,22). The number of ether oxygens (including phenoxy) is 1. The lowest BCUT2D eigenvalue weighted by molar-refractivity contribution is -0.136. The molecule has 0 spiro atoms. The predicted molar refractivity (Wildman–Crippen MR) is 80.1 cm³/mol. The third kappa shape index (κ3) is 5.74. The molecule has 23 heavy (non-hydrogen) atoms. The zero-order valence-corrected chi connectivity index (χ0v) is 13.0. The van der Waals surface area contributed by atoms with Crippen molar-refractivity contribution in [3.63, 3.8) is 0 Å². The van der Waals surface area contributed by atoms with Crippen molar-refractivity contribution in [3.8, 4) is 5.75 Å². The fourth-order valence-corrected chi connectivity index (χ4v) is 2.48. The van der Waals surface area contributed by atoms with Crippen LogP contribution in [0.5, 0.6) is 5.75 Å². The summed E-state index contributed by atoms with van der Waals surface area (Å²) in [6, 6.07) is 7.32. The van der Waals surface area contributed by atoms with Crippen LogP contribution in [0.4, 0.5) is 13.2 Å². The topological polar surface area (TPSA) is 41.6 Å². The van der Waals surface area contributed by atoms with Crippen LogP contribution in [-0.2, 0) is 11.3 Å². The van der Waals surface area contributed by atoms with Crippen molar-refractivity contribution in [2.45, 2.75) is 25.6 Å². The highest BCUT2D eigenvalue weighted by molar-refractivity contribution is 5.79. The Labute approximate surface area is 133 Å². The molecule has 7 heteroatoms. The third-order valence-corrected chi connectivity index (χ3v) is 3.78. The molecule has 0 radical (unpaired) electrons. The number of halogens is 3. The molecule has 128 valence electrons. The first kappa shape index (κ1) is 17.6. The molecule has 0 bridgehead atoms. The average molecular weight is 330 g/mol. The zero-order chi connectivity index (χ0) is 16.9. The van der Waals surface area contributed by atoms with E-state index in [1.165, 1.54) is 0 Å². The Hall–Kier alpha value is -1.76. The van der Waals surface area contributed by atoms with E-state index in [1.807, 2.05) is 12.1 Å². The van der Waals surface area contributed by atoms with Crippen LogP contribution < -0.4 is 10.1 Å². The predicted octanol–water partition coefficient (Wildman–Crippen LogP) is 2.59. The third-order valence-electron chi connectivity index (χ3n) is 3.78. The summed E-state index contributed by atoms with van der Waals surface area (Å²) < 4.78 is 41.3. The van der Waals surface area contributed by atoms with E-state index < -0.39 is 12.6 Å². The molecule has 1 fully saturated rings. The highest BCUT2D eigenvalue weighted by Gasteiger charge is 2.31. The van der Waals surface area contributed by atoms with Gasteiger partial charge in [-0.3, -0.25) is 9.69 Å². The molecular weight excluding hydrogens is 309 g/mol. The first-order valence-corrected chi connectivity index (χ1v) is 7.60. The summed E-state index contributed by atoms with van der Waals surface area (Å²) in [5, 5.41) is 2.64. The summed E-state index contributed by atoms with van der Waals surface area (Å²) in [4.78, 5) is 13.6. The lowest BCUT2D eigenvalue weighted by Gasteiger charge is -2.38. The number of nitrogens with one attached hydrogen (secondary N) is 1. The molecule has 0 saturated carbocycles. The minimum atomic E-state index is -4.13. The van der Waals surface area contributed by atoms with Crippen molar-refractivity contribution in [1.82, 2.24) is 10.2 Å². The van der Waals surface area contributed by atoms with E-state index in [2.05, 4.69) is 10.2 Å². The molecule has 0 aromatic heterocycles.